The van der Waals surface area contributed by atoms with Crippen molar-refractivity contribution in [2.24, 2.45) is 5.14 Å². The summed E-state index contributed by atoms with van der Waals surface area (Å²) in [4.78, 5) is 11.6. The molecule has 2 rings (SSSR count). The number of sulfonamides is 1. The lowest BCUT2D eigenvalue weighted by Gasteiger charge is -2.02. The van der Waals surface area contributed by atoms with E-state index in [0.717, 1.165) is 0 Å². The molecule has 112 valence electrons. The molecule has 0 atom stereocenters. The number of esters is 1. The highest BCUT2D eigenvalue weighted by Crippen LogP contribution is 2.17. The van der Waals surface area contributed by atoms with Crippen molar-refractivity contribution in [3.8, 4) is 5.69 Å². The van der Waals surface area contributed by atoms with Gasteiger partial charge in [-0.05, 0) is 31.2 Å². The minimum absolute atomic E-state index is 0.00683. The molecule has 8 nitrogen and oxygen atoms in total. The van der Waals surface area contributed by atoms with Crippen LogP contribution >= 0.6 is 0 Å². The molecule has 1 aromatic carbocycles. The van der Waals surface area contributed by atoms with E-state index in [9.17, 15) is 13.2 Å². The summed E-state index contributed by atoms with van der Waals surface area (Å²) in [5.41, 5.74) is 6.42. The maximum Gasteiger partial charge on any atom is 0.361 e. The van der Waals surface area contributed by atoms with Gasteiger partial charge in [0.25, 0.3) is 0 Å². The summed E-state index contributed by atoms with van der Waals surface area (Å²) in [5, 5.41) is 9.04. The Morgan fingerprint density at radius 3 is 2.48 bits per heavy atom. The van der Waals surface area contributed by atoms with Gasteiger partial charge in [0, 0.05) is 0 Å². The summed E-state index contributed by atoms with van der Waals surface area (Å²) >= 11 is 0. The van der Waals surface area contributed by atoms with E-state index < -0.39 is 16.0 Å². The SMILES string of the molecule is CCOC(=O)c1nn(-c2ccc(S(N)(=O)=O)cc2)cc1N. The van der Waals surface area contributed by atoms with Crippen LogP contribution < -0.4 is 10.9 Å². The van der Waals surface area contributed by atoms with Crippen molar-refractivity contribution in [3.63, 3.8) is 0 Å². The van der Waals surface area contributed by atoms with Gasteiger partial charge in [-0.15, -0.1) is 0 Å². The fraction of sp³-hybridized carbons (Fsp3) is 0.167. The first-order valence-electron chi connectivity index (χ1n) is 5.98. The van der Waals surface area contributed by atoms with Crippen molar-refractivity contribution in [2.45, 2.75) is 11.8 Å². The number of carbonyl (C=O) groups is 1. The summed E-state index contributed by atoms with van der Waals surface area (Å²) in [7, 11) is -3.75. The van der Waals surface area contributed by atoms with E-state index in [1.165, 1.54) is 35.1 Å². The third-order valence-electron chi connectivity index (χ3n) is 2.64. The van der Waals surface area contributed by atoms with E-state index in [4.69, 9.17) is 15.6 Å². The Morgan fingerprint density at radius 2 is 1.95 bits per heavy atom. The number of hydrogen-bond acceptors (Lipinski definition) is 6. The number of nitrogens with two attached hydrogens (primary N) is 2. The molecule has 0 radical (unpaired) electrons. The Bertz CT molecular complexity index is 765. The lowest BCUT2D eigenvalue weighted by molar-refractivity contribution is 0.0520. The van der Waals surface area contributed by atoms with Crippen LogP contribution in [0.2, 0.25) is 0 Å². The van der Waals surface area contributed by atoms with Crippen molar-refractivity contribution >= 4 is 21.7 Å². The Labute approximate surface area is 121 Å². The normalized spacial score (nSPS) is 11.3. The highest BCUT2D eigenvalue weighted by Gasteiger charge is 2.16. The van der Waals surface area contributed by atoms with Crippen LogP contribution in [-0.2, 0) is 14.8 Å². The second-order valence-electron chi connectivity index (χ2n) is 4.14. The highest BCUT2D eigenvalue weighted by atomic mass is 32.2. The molecule has 0 aliphatic heterocycles. The zero-order chi connectivity index (χ0) is 15.6. The molecule has 0 saturated heterocycles. The number of ether oxygens (including phenoxy) is 1. The van der Waals surface area contributed by atoms with Gasteiger partial charge in [0.1, 0.15) is 0 Å². The minimum Gasteiger partial charge on any atom is -0.461 e. The van der Waals surface area contributed by atoms with Gasteiger partial charge in [0.15, 0.2) is 5.69 Å². The topological polar surface area (TPSA) is 130 Å². The van der Waals surface area contributed by atoms with Gasteiger partial charge in [-0.3, -0.25) is 0 Å². The molecular formula is C12H14N4O4S. The minimum atomic E-state index is -3.75. The van der Waals surface area contributed by atoms with Crippen molar-refractivity contribution in [2.75, 3.05) is 12.3 Å². The Balaban J connectivity index is 2.35. The number of nitrogen functional groups attached to an aromatic ring is 1. The summed E-state index contributed by atoms with van der Waals surface area (Å²) in [5.74, 6) is -0.616. The quantitative estimate of drug-likeness (QED) is 0.780. The van der Waals surface area contributed by atoms with E-state index in [1.54, 1.807) is 6.92 Å². The second kappa shape index (κ2) is 5.54. The molecular weight excluding hydrogens is 296 g/mol. The molecule has 0 aliphatic rings. The molecule has 0 unspecified atom stereocenters. The molecule has 0 fully saturated rings. The zero-order valence-corrected chi connectivity index (χ0v) is 12.0. The number of rotatable bonds is 4. The van der Waals surface area contributed by atoms with Gasteiger partial charge >= 0.3 is 5.97 Å². The molecule has 1 aromatic heterocycles. The predicted octanol–water partition coefficient (Wildman–Crippen LogP) is 0.279. The lowest BCUT2D eigenvalue weighted by Crippen LogP contribution is -2.12. The Morgan fingerprint density at radius 1 is 1.33 bits per heavy atom. The molecule has 4 N–H and O–H groups in total. The zero-order valence-electron chi connectivity index (χ0n) is 11.2. The standard InChI is InChI=1S/C12H14N4O4S/c1-2-20-12(17)11-10(13)7-16(15-11)8-3-5-9(6-4-8)21(14,18)19/h3-7H,2,13H2,1H3,(H2,14,18,19). The van der Waals surface area contributed by atoms with Crippen LogP contribution in [0, 0.1) is 0 Å². The van der Waals surface area contributed by atoms with Crippen molar-refractivity contribution in [1.82, 2.24) is 9.78 Å². The van der Waals surface area contributed by atoms with Crippen molar-refractivity contribution < 1.29 is 17.9 Å². The van der Waals surface area contributed by atoms with Gasteiger partial charge in [-0.2, -0.15) is 5.10 Å². The van der Waals surface area contributed by atoms with E-state index >= 15 is 0 Å². The van der Waals surface area contributed by atoms with E-state index in [1.807, 2.05) is 0 Å². The maximum atomic E-state index is 11.6. The summed E-state index contributed by atoms with van der Waals surface area (Å²) in [6.07, 6.45) is 1.44. The predicted molar refractivity (Wildman–Crippen MR) is 75.3 cm³/mol. The number of aromatic nitrogens is 2. The maximum absolute atomic E-state index is 11.6. The van der Waals surface area contributed by atoms with E-state index in [2.05, 4.69) is 5.10 Å². The van der Waals surface area contributed by atoms with Crippen molar-refractivity contribution in [3.05, 3.63) is 36.2 Å². The number of benzene rings is 1. The van der Waals surface area contributed by atoms with Crippen LogP contribution in [0.4, 0.5) is 5.69 Å². The van der Waals surface area contributed by atoms with Crippen LogP contribution in [-0.4, -0.2) is 30.8 Å². The first-order valence-corrected chi connectivity index (χ1v) is 7.53. The molecule has 0 aliphatic carbocycles. The number of nitrogens with zero attached hydrogens (tertiary/aromatic N) is 2. The summed E-state index contributed by atoms with van der Waals surface area (Å²) in [6.45, 7) is 1.89. The van der Waals surface area contributed by atoms with E-state index in [0.29, 0.717) is 5.69 Å². The third kappa shape index (κ3) is 3.20. The number of carbonyl (C=O) groups excluding carboxylic acids is 1. The number of hydrogen-bond donors (Lipinski definition) is 2. The number of anilines is 1. The van der Waals surface area contributed by atoms with Crippen LogP contribution in [0.3, 0.4) is 0 Å². The monoisotopic (exact) mass is 310 g/mol. The lowest BCUT2D eigenvalue weighted by atomic mass is 10.3. The molecule has 0 bridgehead atoms. The molecule has 2 aromatic rings. The van der Waals surface area contributed by atoms with E-state index in [-0.39, 0.29) is 22.9 Å². The average Bonchev–Trinajstić information content (AvgIpc) is 2.80. The van der Waals surface area contributed by atoms with Crippen LogP contribution in [0.5, 0.6) is 0 Å². The van der Waals surface area contributed by atoms with Gasteiger partial charge in [0.05, 0.1) is 29.1 Å². The summed E-state index contributed by atoms with van der Waals surface area (Å²) in [6, 6.07) is 5.68. The smallest absolute Gasteiger partial charge is 0.361 e. The second-order valence-corrected chi connectivity index (χ2v) is 5.70. The summed E-state index contributed by atoms with van der Waals surface area (Å²) < 4.78 is 28.5. The van der Waals surface area contributed by atoms with Crippen molar-refractivity contribution in [1.29, 1.82) is 0 Å². The Hall–Kier alpha value is -2.39. The molecule has 0 amide bonds. The number of primary sulfonamides is 1. The average molecular weight is 310 g/mol. The van der Waals surface area contributed by atoms with Gasteiger partial charge in [0.2, 0.25) is 10.0 Å². The molecule has 0 saturated carbocycles. The third-order valence-corrected chi connectivity index (χ3v) is 3.57. The van der Waals surface area contributed by atoms with Gasteiger partial charge in [-0.25, -0.2) is 23.0 Å². The Kier molecular flexibility index (Phi) is 3.96. The van der Waals surface area contributed by atoms with Gasteiger partial charge in [-0.1, -0.05) is 0 Å². The van der Waals surface area contributed by atoms with Crippen LogP contribution in [0.1, 0.15) is 17.4 Å². The molecule has 9 heteroatoms. The largest absolute Gasteiger partial charge is 0.461 e. The fourth-order valence-corrected chi connectivity index (χ4v) is 2.18. The highest BCUT2D eigenvalue weighted by molar-refractivity contribution is 7.89. The van der Waals surface area contributed by atoms with Crippen LogP contribution in [0.15, 0.2) is 35.4 Å². The first kappa shape index (κ1) is 15.0. The molecule has 0 spiro atoms. The molecule has 1 heterocycles. The van der Waals surface area contributed by atoms with Crippen LogP contribution in [0.25, 0.3) is 5.69 Å². The fourth-order valence-electron chi connectivity index (χ4n) is 1.67. The van der Waals surface area contributed by atoms with Gasteiger partial charge < -0.3 is 10.5 Å². The molecule has 21 heavy (non-hydrogen) atoms. The first-order chi connectivity index (χ1) is 9.82.